The second kappa shape index (κ2) is 6.49. The summed E-state index contributed by atoms with van der Waals surface area (Å²) in [6.45, 7) is 9.55. The van der Waals surface area contributed by atoms with Crippen LogP contribution in [-0.2, 0) is 10.3 Å². The Morgan fingerprint density at radius 1 is 1.28 bits per heavy atom. The van der Waals surface area contributed by atoms with Crippen molar-refractivity contribution in [3.8, 4) is 0 Å². The van der Waals surface area contributed by atoms with Crippen molar-refractivity contribution in [1.82, 2.24) is 4.90 Å². The van der Waals surface area contributed by atoms with E-state index in [1.807, 2.05) is 49.9 Å². The van der Waals surface area contributed by atoms with Gasteiger partial charge >= 0.3 is 6.09 Å². The summed E-state index contributed by atoms with van der Waals surface area (Å²) in [7, 11) is 0. The van der Waals surface area contributed by atoms with Crippen molar-refractivity contribution >= 4 is 12.2 Å². The number of piperidine rings is 2. The zero-order valence-corrected chi connectivity index (χ0v) is 15.5. The lowest BCUT2D eigenvalue weighted by Crippen LogP contribution is -2.59. The molecule has 25 heavy (non-hydrogen) atoms. The number of fused-ring (bicyclic) bond motifs is 2. The van der Waals surface area contributed by atoms with Crippen LogP contribution in [0.4, 0.5) is 4.79 Å². The van der Waals surface area contributed by atoms with Crippen molar-refractivity contribution in [2.24, 2.45) is 0 Å². The van der Waals surface area contributed by atoms with E-state index in [1.54, 1.807) is 6.08 Å². The number of carbonyl (C=O) groups is 1. The fourth-order valence-corrected chi connectivity index (χ4v) is 4.36. The molecule has 4 nitrogen and oxygen atoms in total. The highest BCUT2D eigenvalue weighted by Crippen LogP contribution is 2.45. The van der Waals surface area contributed by atoms with E-state index in [1.165, 1.54) is 0 Å². The van der Waals surface area contributed by atoms with Gasteiger partial charge in [-0.3, -0.25) is 0 Å². The molecule has 2 fully saturated rings. The van der Waals surface area contributed by atoms with Crippen molar-refractivity contribution in [2.45, 2.75) is 76.2 Å². The van der Waals surface area contributed by atoms with Crippen LogP contribution in [0.2, 0.25) is 0 Å². The number of nitrogens with zero attached hydrogens (tertiary/aromatic N) is 1. The Hall–Kier alpha value is -1.81. The second-order valence-corrected chi connectivity index (χ2v) is 8.36. The van der Waals surface area contributed by atoms with Crippen LogP contribution < -0.4 is 0 Å². The maximum absolute atomic E-state index is 12.7. The molecule has 0 aromatic heterocycles. The molecule has 2 bridgehead atoms. The van der Waals surface area contributed by atoms with E-state index < -0.39 is 11.2 Å². The largest absolute Gasteiger partial charge is 0.444 e. The standard InChI is InChI=1S/C21H29NO3/c1-5-15-9-6-7-12-18(15)21(24)13-16-10-8-11-17(14-21)22(16)19(23)25-20(2,3)4/h5-7,9,12,16-17,24H,1,8,10-11,13-14H2,2-4H3. The zero-order valence-electron chi connectivity index (χ0n) is 15.5. The van der Waals surface area contributed by atoms with Crippen molar-refractivity contribution < 1.29 is 14.6 Å². The Morgan fingerprint density at radius 3 is 2.44 bits per heavy atom. The molecule has 3 rings (SSSR count). The third-order valence-electron chi connectivity index (χ3n) is 5.29. The molecule has 1 amide bonds. The van der Waals surface area contributed by atoms with Crippen LogP contribution in [0, 0.1) is 0 Å². The minimum Gasteiger partial charge on any atom is -0.444 e. The van der Waals surface area contributed by atoms with Crippen molar-refractivity contribution in [3.63, 3.8) is 0 Å². The first-order valence-corrected chi connectivity index (χ1v) is 9.19. The minimum atomic E-state index is -0.918. The first-order valence-electron chi connectivity index (χ1n) is 9.19. The van der Waals surface area contributed by atoms with Gasteiger partial charge in [0.2, 0.25) is 0 Å². The molecule has 2 atom stereocenters. The molecule has 1 aromatic carbocycles. The average Bonchev–Trinajstić information content (AvgIpc) is 2.52. The molecule has 2 saturated heterocycles. The van der Waals surface area contributed by atoms with Gasteiger partial charge in [0.1, 0.15) is 5.60 Å². The van der Waals surface area contributed by atoms with E-state index in [4.69, 9.17) is 4.74 Å². The molecular formula is C21H29NO3. The number of carbonyl (C=O) groups excluding carboxylic acids is 1. The Morgan fingerprint density at radius 2 is 1.88 bits per heavy atom. The van der Waals surface area contributed by atoms with Crippen molar-refractivity contribution in [3.05, 3.63) is 42.0 Å². The quantitative estimate of drug-likeness (QED) is 0.862. The van der Waals surface area contributed by atoms with Crippen LogP contribution >= 0.6 is 0 Å². The lowest BCUT2D eigenvalue weighted by atomic mass is 9.71. The topological polar surface area (TPSA) is 49.8 Å². The molecule has 0 spiro atoms. The molecule has 2 unspecified atom stereocenters. The van der Waals surface area contributed by atoms with Gasteiger partial charge in [0.25, 0.3) is 0 Å². The number of aliphatic hydroxyl groups is 1. The van der Waals surface area contributed by atoms with Gasteiger partial charge in [-0.15, -0.1) is 0 Å². The number of hydrogen-bond acceptors (Lipinski definition) is 3. The van der Waals surface area contributed by atoms with E-state index >= 15 is 0 Å². The lowest BCUT2D eigenvalue weighted by molar-refractivity contribution is -0.0965. The maximum atomic E-state index is 12.7. The highest BCUT2D eigenvalue weighted by atomic mass is 16.6. The minimum absolute atomic E-state index is 0.0187. The van der Waals surface area contributed by atoms with Gasteiger partial charge < -0.3 is 14.7 Å². The van der Waals surface area contributed by atoms with Gasteiger partial charge in [0.15, 0.2) is 0 Å². The molecule has 1 N–H and O–H groups in total. The summed E-state index contributed by atoms with van der Waals surface area (Å²) in [6, 6.07) is 7.92. The van der Waals surface area contributed by atoms with E-state index in [0.29, 0.717) is 12.8 Å². The summed E-state index contributed by atoms with van der Waals surface area (Å²) >= 11 is 0. The first-order chi connectivity index (χ1) is 11.7. The summed E-state index contributed by atoms with van der Waals surface area (Å²) in [4.78, 5) is 14.6. The number of amides is 1. The predicted octanol–water partition coefficient (Wildman–Crippen LogP) is 4.47. The smallest absolute Gasteiger partial charge is 0.410 e. The van der Waals surface area contributed by atoms with Crippen LogP contribution in [0.5, 0.6) is 0 Å². The summed E-state index contributed by atoms with van der Waals surface area (Å²) in [5, 5.41) is 11.5. The van der Waals surface area contributed by atoms with Crippen molar-refractivity contribution in [1.29, 1.82) is 0 Å². The van der Waals surface area contributed by atoms with E-state index in [-0.39, 0.29) is 18.2 Å². The maximum Gasteiger partial charge on any atom is 0.410 e. The highest BCUT2D eigenvalue weighted by Gasteiger charge is 2.49. The highest BCUT2D eigenvalue weighted by molar-refractivity contribution is 5.69. The van der Waals surface area contributed by atoms with Gasteiger partial charge in [-0.2, -0.15) is 0 Å². The van der Waals surface area contributed by atoms with Gasteiger partial charge in [-0.25, -0.2) is 4.79 Å². The lowest BCUT2D eigenvalue weighted by Gasteiger charge is -2.52. The third-order valence-corrected chi connectivity index (χ3v) is 5.29. The average molecular weight is 343 g/mol. The van der Waals surface area contributed by atoms with Crippen LogP contribution in [0.25, 0.3) is 6.08 Å². The summed E-state index contributed by atoms with van der Waals surface area (Å²) < 4.78 is 5.62. The van der Waals surface area contributed by atoms with Gasteiger partial charge in [0, 0.05) is 24.9 Å². The van der Waals surface area contributed by atoms with Crippen LogP contribution in [0.1, 0.15) is 64.0 Å². The number of hydrogen-bond donors (Lipinski definition) is 1. The molecule has 136 valence electrons. The van der Waals surface area contributed by atoms with Gasteiger partial charge in [-0.05, 0) is 51.2 Å². The third kappa shape index (κ3) is 3.59. The van der Waals surface area contributed by atoms with Crippen LogP contribution in [0.15, 0.2) is 30.8 Å². The Balaban J connectivity index is 1.88. The number of benzene rings is 1. The summed E-state index contributed by atoms with van der Waals surface area (Å²) in [6.07, 6.45) is 5.56. The van der Waals surface area contributed by atoms with Crippen LogP contribution in [0.3, 0.4) is 0 Å². The molecule has 4 heteroatoms. The van der Waals surface area contributed by atoms with E-state index in [9.17, 15) is 9.90 Å². The first kappa shape index (κ1) is 18.0. The summed E-state index contributed by atoms with van der Waals surface area (Å²) in [5.74, 6) is 0. The fourth-order valence-electron chi connectivity index (χ4n) is 4.36. The molecule has 2 heterocycles. The fraction of sp³-hybridized carbons (Fsp3) is 0.571. The van der Waals surface area contributed by atoms with Crippen molar-refractivity contribution in [2.75, 3.05) is 0 Å². The van der Waals surface area contributed by atoms with E-state index in [2.05, 4.69) is 6.58 Å². The molecule has 1 aromatic rings. The molecule has 0 aliphatic carbocycles. The number of rotatable bonds is 2. The molecular weight excluding hydrogens is 314 g/mol. The normalized spacial score (nSPS) is 29.2. The molecule has 2 aliphatic rings. The molecule has 0 radical (unpaired) electrons. The molecule has 0 saturated carbocycles. The molecule has 2 aliphatic heterocycles. The summed E-state index contributed by atoms with van der Waals surface area (Å²) in [5.41, 5.74) is 0.465. The Kier molecular flexibility index (Phi) is 4.67. The van der Waals surface area contributed by atoms with Crippen LogP contribution in [-0.4, -0.2) is 33.8 Å². The predicted molar refractivity (Wildman–Crippen MR) is 99.2 cm³/mol. The Labute approximate surface area is 150 Å². The number of ether oxygens (including phenoxy) is 1. The van der Waals surface area contributed by atoms with Gasteiger partial charge in [-0.1, -0.05) is 36.9 Å². The monoisotopic (exact) mass is 343 g/mol. The SMILES string of the molecule is C=Cc1ccccc1C1(O)CC2CCCC(C1)N2C(=O)OC(C)(C)C. The Bertz CT molecular complexity index is 647. The zero-order chi connectivity index (χ0) is 18.2. The second-order valence-electron chi connectivity index (χ2n) is 8.36. The van der Waals surface area contributed by atoms with Gasteiger partial charge in [0.05, 0.1) is 5.60 Å². The van der Waals surface area contributed by atoms with E-state index in [0.717, 1.165) is 30.4 Å².